The molecule has 2 saturated carbocycles. The fourth-order valence-electron chi connectivity index (χ4n) is 4.16. The second-order valence-corrected chi connectivity index (χ2v) is 7.18. The molecule has 0 spiro atoms. The van der Waals surface area contributed by atoms with Crippen molar-refractivity contribution in [3.05, 3.63) is 0 Å². The van der Waals surface area contributed by atoms with Gasteiger partial charge in [-0.3, -0.25) is 4.79 Å². The minimum atomic E-state index is -0.0209. The molecule has 5 heteroatoms. The quantitative estimate of drug-likeness (QED) is 0.841. The summed E-state index contributed by atoms with van der Waals surface area (Å²) in [4.78, 5) is 26.4. The van der Waals surface area contributed by atoms with Crippen molar-refractivity contribution in [1.82, 2.24) is 15.5 Å². The van der Waals surface area contributed by atoms with E-state index in [9.17, 15) is 9.59 Å². The van der Waals surface area contributed by atoms with Gasteiger partial charge < -0.3 is 15.5 Å². The first kappa shape index (κ1) is 15.6. The summed E-state index contributed by atoms with van der Waals surface area (Å²) in [7, 11) is 0. The minimum Gasteiger partial charge on any atom is -0.342 e. The standard InChI is InChI=1S/C17H29N3O2/c21-16(13-5-1-2-6-13)20-11-9-15(10-12-20)19-17(22)18-14-7-3-4-8-14/h13-15H,1-12H2,(H2,18,19,22). The van der Waals surface area contributed by atoms with E-state index in [-0.39, 0.29) is 18.0 Å². The molecule has 1 aliphatic heterocycles. The van der Waals surface area contributed by atoms with Crippen LogP contribution in [0.1, 0.15) is 64.2 Å². The van der Waals surface area contributed by atoms with Crippen LogP contribution >= 0.6 is 0 Å². The van der Waals surface area contributed by atoms with Gasteiger partial charge in [0, 0.05) is 31.1 Å². The van der Waals surface area contributed by atoms with E-state index in [1.807, 2.05) is 4.90 Å². The van der Waals surface area contributed by atoms with E-state index >= 15 is 0 Å². The Kier molecular flexibility index (Phi) is 5.21. The molecule has 1 heterocycles. The van der Waals surface area contributed by atoms with Crippen LogP contribution in [0.25, 0.3) is 0 Å². The molecule has 2 aliphatic carbocycles. The van der Waals surface area contributed by atoms with Gasteiger partial charge in [0.2, 0.25) is 5.91 Å². The van der Waals surface area contributed by atoms with Gasteiger partial charge in [0.15, 0.2) is 0 Å². The summed E-state index contributed by atoms with van der Waals surface area (Å²) in [5.41, 5.74) is 0. The van der Waals surface area contributed by atoms with Crippen LogP contribution in [0.15, 0.2) is 0 Å². The number of hydrogen-bond acceptors (Lipinski definition) is 2. The third-order valence-electron chi connectivity index (χ3n) is 5.54. The number of amides is 3. The minimum absolute atomic E-state index is 0.0209. The molecule has 124 valence electrons. The van der Waals surface area contributed by atoms with Gasteiger partial charge in [-0.2, -0.15) is 0 Å². The summed E-state index contributed by atoms with van der Waals surface area (Å²) in [6, 6.07) is 0.561. The third-order valence-corrected chi connectivity index (χ3v) is 5.54. The highest BCUT2D eigenvalue weighted by Gasteiger charge is 2.30. The summed E-state index contributed by atoms with van der Waals surface area (Å²) < 4.78 is 0. The molecule has 3 amide bonds. The van der Waals surface area contributed by atoms with Gasteiger partial charge in [-0.15, -0.1) is 0 Å². The third kappa shape index (κ3) is 3.93. The zero-order chi connectivity index (χ0) is 15.4. The van der Waals surface area contributed by atoms with E-state index in [1.54, 1.807) is 0 Å². The van der Waals surface area contributed by atoms with Gasteiger partial charge in [-0.05, 0) is 38.5 Å². The van der Waals surface area contributed by atoms with E-state index in [1.165, 1.54) is 25.7 Å². The Morgan fingerprint density at radius 3 is 1.82 bits per heavy atom. The lowest BCUT2D eigenvalue weighted by Gasteiger charge is -2.34. The van der Waals surface area contributed by atoms with E-state index in [0.717, 1.165) is 51.6 Å². The largest absolute Gasteiger partial charge is 0.342 e. The maximum absolute atomic E-state index is 12.4. The highest BCUT2D eigenvalue weighted by atomic mass is 16.2. The molecule has 3 fully saturated rings. The second-order valence-electron chi connectivity index (χ2n) is 7.18. The zero-order valence-corrected chi connectivity index (χ0v) is 13.5. The van der Waals surface area contributed by atoms with Crippen LogP contribution in [0.3, 0.4) is 0 Å². The van der Waals surface area contributed by atoms with Crippen molar-refractivity contribution in [2.45, 2.75) is 76.3 Å². The molecule has 5 nitrogen and oxygen atoms in total. The average molecular weight is 307 g/mol. The van der Waals surface area contributed by atoms with Crippen LogP contribution < -0.4 is 10.6 Å². The lowest BCUT2D eigenvalue weighted by Crippen LogP contribution is -2.51. The van der Waals surface area contributed by atoms with Gasteiger partial charge in [0.05, 0.1) is 0 Å². The lowest BCUT2D eigenvalue weighted by atomic mass is 10.0. The molecule has 0 unspecified atom stereocenters. The first-order chi connectivity index (χ1) is 10.7. The Morgan fingerprint density at radius 2 is 1.23 bits per heavy atom. The molecule has 0 radical (unpaired) electrons. The molecule has 22 heavy (non-hydrogen) atoms. The van der Waals surface area contributed by atoms with Crippen LogP contribution in [0.2, 0.25) is 0 Å². The highest BCUT2D eigenvalue weighted by molar-refractivity contribution is 5.79. The maximum Gasteiger partial charge on any atom is 0.315 e. The SMILES string of the molecule is O=C(NC1CCCC1)NC1CCN(C(=O)C2CCCC2)CC1. The first-order valence-electron chi connectivity index (χ1n) is 9.08. The molecule has 0 bridgehead atoms. The predicted molar refractivity (Wildman–Crippen MR) is 85.5 cm³/mol. The van der Waals surface area contributed by atoms with Gasteiger partial charge >= 0.3 is 6.03 Å². The van der Waals surface area contributed by atoms with Gasteiger partial charge in [0.1, 0.15) is 0 Å². The summed E-state index contributed by atoms with van der Waals surface area (Å²) >= 11 is 0. The monoisotopic (exact) mass is 307 g/mol. The fraction of sp³-hybridized carbons (Fsp3) is 0.882. The van der Waals surface area contributed by atoms with Crippen LogP contribution in [0.4, 0.5) is 4.79 Å². The summed E-state index contributed by atoms with van der Waals surface area (Å²) in [6.07, 6.45) is 11.0. The Bertz CT molecular complexity index is 393. The summed E-state index contributed by atoms with van der Waals surface area (Å²) in [5, 5.41) is 6.16. The highest BCUT2D eigenvalue weighted by Crippen LogP contribution is 2.27. The van der Waals surface area contributed by atoms with Crippen LogP contribution in [0.5, 0.6) is 0 Å². The van der Waals surface area contributed by atoms with Crippen molar-refractivity contribution < 1.29 is 9.59 Å². The molecule has 0 atom stereocenters. The molecule has 2 N–H and O–H groups in total. The number of urea groups is 1. The number of carbonyl (C=O) groups is 2. The summed E-state index contributed by atoms with van der Waals surface area (Å²) in [5.74, 6) is 0.626. The molecule has 3 aliphatic rings. The number of piperidine rings is 1. The van der Waals surface area contributed by atoms with Crippen molar-refractivity contribution in [2.75, 3.05) is 13.1 Å². The fourth-order valence-corrected chi connectivity index (χ4v) is 4.16. The second kappa shape index (κ2) is 7.34. The van der Waals surface area contributed by atoms with Crippen molar-refractivity contribution in [2.24, 2.45) is 5.92 Å². The molecule has 0 aromatic rings. The number of likely N-dealkylation sites (tertiary alicyclic amines) is 1. The molecule has 1 saturated heterocycles. The van der Waals surface area contributed by atoms with Crippen molar-refractivity contribution in [3.8, 4) is 0 Å². The zero-order valence-electron chi connectivity index (χ0n) is 13.5. The van der Waals surface area contributed by atoms with Gasteiger partial charge in [-0.25, -0.2) is 4.79 Å². The van der Waals surface area contributed by atoms with Crippen molar-refractivity contribution in [3.63, 3.8) is 0 Å². The number of rotatable bonds is 3. The van der Waals surface area contributed by atoms with E-state index < -0.39 is 0 Å². The van der Waals surface area contributed by atoms with Crippen molar-refractivity contribution >= 4 is 11.9 Å². The molecule has 3 rings (SSSR count). The van der Waals surface area contributed by atoms with Crippen LogP contribution in [-0.4, -0.2) is 42.0 Å². The normalized spacial score (nSPS) is 24.6. The number of nitrogens with zero attached hydrogens (tertiary/aromatic N) is 1. The van der Waals surface area contributed by atoms with Gasteiger partial charge in [0.25, 0.3) is 0 Å². The average Bonchev–Trinajstić information content (AvgIpc) is 3.20. The van der Waals surface area contributed by atoms with Crippen molar-refractivity contribution in [1.29, 1.82) is 0 Å². The molecule has 0 aromatic carbocycles. The molecule has 0 aromatic heterocycles. The topological polar surface area (TPSA) is 61.4 Å². The number of hydrogen-bond donors (Lipinski definition) is 2. The van der Waals surface area contributed by atoms with E-state index in [2.05, 4.69) is 10.6 Å². The van der Waals surface area contributed by atoms with E-state index in [0.29, 0.717) is 11.9 Å². The van der Waals surface area contributed by atoms with Crippen LogP contribution in [-0.2, 0) is 4.79 Å². The molecular formula is C17H29N3O2. The molecular weight excluding hydrogens is 278 g/mol. The lowest BCUT2D eigenvalue weighted by molar-refractivity contribution is -0.136. The number of carbonyl (C=O) groups excluding carboxylic acids is 2. The Morgan fingerprint density at radius 1 is 0.727 bits per heavy atom. The Balaban J connectivity index is 1.37. The van der Waals surface area contributed by atoms with Crippen LogP contribution in [0, 0.1) is 5.92 Å². The maximum atomic E-state index is 12.4. The Labute approximate surface area is 133 Å². The van der Waals surface area contributed by atoms with E-state index in [4.69, 9.17) is 0 Å². The summed E-state index contributed by atoms with van der Waals surface area (Å²) in [6.45, 7) is 1.59. The predicted octanol–water partition coefficient (Wildman–Crippen LogP) is 2.41. The Hall–Kier alpha value is -1.26. The smallest absolute Gasteiger partial charge is 0.315 e. The van der Waals surface area contributed by atoms with Gasteiger partial charge in [-0.1, -0.05) is 25.7 Å². The number of nitrogens with one attached hydrogen (secondary N) is 2. The first-order valence-corrected chi connectivity index (χ1v) is 9.08.